The molecule has 0 unspecified atom stereocenters. The van der Waals surface area contributed by atoms with Gasteiger partial charge in [0.15, 0.2) is 5.76 Å². The minimum absolute atomic E-state index is 0.0123. The number of nitrogens with zero attached hydrogens (tertiary/aromatic N) is 4. The summed E-state index contributed by atoms with van der Waals surface area (Å²) < 4.78 is 19.3. The van der Waals surface area contributed by atoms with Gasteiger partial charge in [-0.2, -0.15) is 10.4 Å². The first kappa shape index (κ1) is 29.3. The third-order valence-corrected chi connectivity index (χ3v) is 6.73. The minimum Gasteiger partial charge on any atom is -0.486 e. The molecule has 0 saturated heterocycles. The first-order valence-corrected chi connectivity index (χ1v) is 13.5. The molecule has 3 aromatic carbocycles. The number of ether oxygens (including phenoxy) is 2. The number of nitriles is 1. The lowest BCUT2D eigenvalue weighted by Gasteiger charge is -2.10. The second-order valence-corrected chi connectivity index (χ2v) is 9.71. The Bertz CT molecular complexity index is 1860. The van der Waals surface area contributed by atoms with E-state index in [1.165, 1.54) is 24.4 Å². The zero-order chi connectivity index (χ0) is 31.1. The van der Waals surface area contributed by atoms with Crippen LogP contribution in [0.2, 0.25) is 0 Å². The average molecular weight is 590 g/mol. The highest BCUT2D eigenvalue weighted by atomic mass is 16.6. The molecule has 0 spiro atoms. The number of rotatable bonds is 11. The zero-order valence-corrected chi connectivity index (χ0v) is 23.9. The Morgan fingerprint density at radius 1 is 0.977 bits per heavy atom. The van der Waals surface area contributed by atoms with Crippen LogP contribution in [0.25, 0.3) is 5.69 Å². The predicted molar refractivity (Wildman–Crippen MR) is 162 cm³/mol. The van der Waals surface area contributed by atoms with Crippen LogP contribution < -0.4 is 14.9 Å². The average Bonchev–Trinajstić information content (AvgIpc) is 3.65. The molecule has 2 heterocycles. The fourth-order valence-corrected chi connectivity index (χ4v) is 4.56. The molecule has 2 aromatic heterocycles. The smallest absolute Gasteiger partial charge is 0.311 e. The maximum atomic E-state index is 12.6. The van der Waals surface area contributed by atoms with Gasteiger partial charge in [0.25, 0.3) is 0 Å². The predicted octanol–water partition coefficient (Wildman–Crippen LogP) is 6.39. The van der Waals surface area contributed by atoms with Gasteiger partial charge in [-0.15, -0.1) is 0 Å². The van der Waals surface area contributed by atoms with E-state index in [9.17, 15) is 20.2 Å². The van der Waals surface area contributed by atoms with E-state index >= 15 is 0 Å². The molecule has 1 N–H and O–H groups in total. The number of carbonyl (C=O) groups excluding carboxylic acids is 1. The van der Waals surface area contributed by atoms with Gasteiger partial charge in [-0.25, -0.2) is 5.43 Å². The van der Waals surface area contributed by atoms with E-state index in [4.69, 9.17) is 13.9 Å². The van der Waals surface area contributed by atoms with Gasteiger partial charge in [0.2, 0.25) is 5.75 Å². The van der Waals surface area contributed by atoms with Crippen molar-refractivity contribution < 1.29 is 23.6 Å². The van der Waals surface area contributed by atoms with Gasteiger partial charge < -0.3 is 18.5 Å². The van der Waals surface area contributed by atoms with E-state index in [1.807, 2.05) is 38.1 Å². The lowest BCUT2D eigenvalue weighted by Crippen LogP contribution is -2.17. The van der Waals surface area contributed by atoms with Crippen molar-refractivity contribution >= 4 is 17.8 Å². The summed E-state index contributed by atoms with van der Waals surface area (Å²) in [6.07, 6.45) is 1.24. The molecule has 0 bridgehead atoms. The maximum absolute atomic E-state index is 12.6. The Hall–Kier alpha value is -6.15. The first-order valence-electron chi connectivity index (χ1n) is 13.5. The van der Waals surface area contributed by atoms with E-state index in [0.29, 0.717) is 22.6 Å². The van der Waals surface area contributed by atoms with Gasteiger partial charge in [-0.1, -0.05) is 24.3 Å². The van der Waals surface area contributed by atoms with Crippen molar-refractivity contribution in [2.24, 2.45) is 5.10 Å². The highest BCUT2D eigenvalue weighted by molar-refractivity contribution is 5.93. The lowest BCUT2D eigenvalue weighted by atomic mass is 10.1. The van der Waals surface area contributed by atoms with E-state index < -0.39 is 10.8 Å². The molecule has 11 nitrogen and oxygen atoms in total. The monoisotopic (exact) mass is 589 g/mol. The standard InChI is InChI=1S/C33H27N5O6/c1-22-10-11-23(2)37(22)27-12-14-28(15-13-27)42-21-29-16-17-31(44-29)33(39)36-35-19-25-8-5-9-30(38(40)41)32(25)43-20-26-7-4-3-6-24(26)18-34/h3-17,19H,20-21H2,1-2H3,(H,36,39)/b35-19+. The summed E-state index contributed by atoms with van der Waals surface area (Å²) in [7, 11) is 0. The number of benzene rings is 3. The number of furan rings is 1. The molecule has 0 saturated carbocycles. The third-order valence-electron chi connectivity index (χ3n) is 6.73. The van der Waals surface area contributed by atoms with Gasteiger partial charge in [-0.05, 0) is 74.5 Å². The Labute approximate surface area is 252 Å². The number of aryl methyl sites for hydroxylation is 2. The van der Waals surface area contributed by atoms with Crippen LogP contribution >= 0.6 is 0 Å². The summed E-state index contributed by atoms with van der Waals surface area (Å²) in [4.78, 5) is 23.7. The van der Waals surface area contributed by atoms with Crippen LogP contribution in [0.15, 0.2) is 101 Å². The summed E-state index contributed by atoms with van der Waals surface area (Å²) in [6, 6.07) is 28.1. The molecule has 220 valence electrons. The number of nitrogens with one attached hydrogen (secondary N) is 1. The number of para-hydroxylation sites is 1. The van der Waals surface area contributed by atoms with Crippen molar-refractivity contribution in [2.75, 3.05) is 0 Å². The highest BCUT2D eigenvalue weighted by Crippen LogP contribution is 2.31. The van der Waals surface area contributed by atoms with Gasteiger partial charge in [0.05, 0.1) is 22.8 Å². The molecular formula is C33H27N5O6. The fraction of sp³-hybridized carbons (Fsp3) is 0.121. The molecule has 11 heteroatoms. The van der Waals surface area contributed by atoms with Crippen LogP contribution in [0.4, 0.5) is 5.69 Å². The van der Waals surface area contributed by atoms with Crippen molar-refractivity contribution in [3.63, 3.8) is 0 Å². The summed E-state index contributed by atoms with van der Waals surface area (Å²) in [5.74, 6) is 0.428. The molecule has 0 radical (unpaired) electrons. The maximum Gasteiger partial charge on any atom is 0.311 e. The molecular weight excluding hydrogens is 562 g/mol. The molecule has 5 aromatic rings. The van der Waals surface area contributed by atoms with E-state index in [0.717, 1.165) is 17.1 Å². The second kappa shape index (κ2) is 13.2. The molecule has 0 aliphatic heterocycles. The van der Waals surface area contributed by atoms with Crippen molar-refractivity contribution in [3.8, 4) is 23.3 Å². The topological polar surface area (TPSA) is 145 Å². The van der Waals surface area contributed by atoms with Crippen LogP contribution in [0.5, 0.6) is 11.5 Å². The van der Waals surface area contributed by atoms with Gasteiger partial charge in [0, 0.05) is 34.3 Å². The van der Waals surface area contributed by atoms with Crippen LogP contribution in [0.1, 0.15) is 44.4 Å². The Morgan fingerprint density at radius 2 is 1.73 bits per heavy atom. The number of nitro groups is 1. The number of hydrogen-bond acceptors (Lipinski definition) is 8. The molecule has 0 aliphatic carbocycles. The van der Waals surface area contributed by atoms with Gasteiger partial charge >= 0.3 is 11.6 Å². The van der Waals surface area contributed by atoms with Crippen LogP contribution in [0.3, 0.4) is 0 Å². The Kier molecular flexibility index (Phi) is 8.82. The van der Waals surface area contributed by atoms with Crippen molar-refractivity contribution in [2.45, 2.75) is 27.1 Å². The largest absolute Gasteiger partial charge is 0.486 e. The minimum atomic E-state index is -0.620. The SMILES string of the molecule is Cc1ccc(C)n1-c1ccc(OCc2ccc(C(=O)N/N=C/c3cccc([N+](=O)[O-])c3OCc3ccccc3C#N)o2)cc1. The Balaban J connectivity index is 1.20. The molecule has 5 rings (SSSR count). The van der Waals surface area contributed by atoms with Gasteiger partial charge in [-0.3, -0.25) is 14.9 Å². The van der Waals surface area contributed by atoms with E-state index in [-0.39, 0.29) is 36.0 Å². The zero-order valence-electron chi connectivity index (χ0n) is 23.9. The Morgan fingerprint density at radius 3 is 2.45 bits per heavy atom. The summed E-state index contributed by atoms with van der Waals surface area (Å²) in [6.45, 7) is 4.13. The quantitative estimate of drug-likeness (QED) is 0.107. The summed E-state index contributed by atoms with van der Waals surface area (Å²) in [5.41, 5.74) is 6.61. The number of hydrazone groups is 1. The molecule has 44 heavy (non-hydrogen) atoms. The number of hydrogen-bond donors (Lipinski definition) is 1. The molecule has 1 amide bonds. The van der Waals surface area contributed by atoms with Gasteiger partial charge in [0.1, 0.15) is 24.7 Å². The molecule has 0 fully saturated rings. The number of aromatic nitrogens is 1. The third kappa shape index (κ3) is 6.66. The molecule has 0 atom stereocenters. The van der Waals surface area contributed by atoms with E-state index in [1.54, 1.807) is 36.4 Å². The van der Waals surface area contributed by atoms with E-state index in [2.05, 4.69) is 33.3 Å². The fourth-order valence-electron chi connectivity index (χ4n) is 4.56. The van der Waals surface area contributed by atoms with Crippen molar-refractivity contribution in [1.82, 2.24) is 9.99 Å². The highest BCUT2D eigenvalue weighted by Gasteiger charge is 2.19. The summed E-state index contributed by atoms with van der Waals surface area (Å²) >= 11 is 0. The summed E-state index contributed by atoms with van der Waals surface area (Å²) in [5, 5.41) is 24.9. The first-order chi connectivity index (χ1) is 21.3. The van der Waals surface area contributed by atoms with Crippen LogP contribution in [-0.2, 0) is 13.2 Å². The lowest BCUT2D eigenvalue weighted by molar-refractivity contribution is -0.386. The van der Waals surface area contributed by atoms with Crippen LogP contribution in [-0.4, -0.2) is 21.6 Å². The number of nitro benzene ring substituents is 1. The van der Waals surface area contributed by atoms with Crippen LogP contribution in [0, 0.1) is 35.3 Å². The normalized spacial score (nSPS) is 10.8. The number of carbonyl (C=O) groups is 1. The van der Waals surface area contributed by atoms with Crippen molar-refractivity contribution in [3.05, 3.63) is 141 Å². The van der Waals surface area contributed by atoms with Crippen molar-refractivity contribution in [1.29, 1.82) is 5.26 Å². The second-order valence-electron chi connectivity index (χ2n) is 9.71. The molecule has 0 aliphatic rings. The number of amides is 1.